The first kappa shape index (κ1) is 11.2. The molecule has 0 fully saturated rings. The maximum absolute atomic E-state index is 10.7. The summed E-state index contributed by atoms with van der Waals surface area (Å²) < 4.78 is 0. The number of hydrogen-bond acceptors (Lipinski definition) is 2. The summed E-state index contributed by atoms with van der Waals surface area (Å²) >= 11 is 0. The summed E-state index contributed by atoms with van der Waals surface area (Å²) in [6.45, 7) is -0.277. The van der Waals surface area contributed by atoms with Gasteiger partial charge in [-0.15, -0.1) is 0 Å². The number of carbonyl (C=O) groups is 1. The molecule has 0 radical (unpaired) electrons. The maximum atomic E-state index is 10.7. The molecule has 3 nitrogen and oxygen atoms in total. The van der Waals surface area contributed by atoms with E-state index in [9.17, 15) is 4.79 Å². The molecular formula is C12H12O3. The molecule has 0 spiro atoms. The highest BCUT2D eigenvalue weighted by atomic mass is 16.4. The summed E-state index contributed by atoms with van der Waals surface area (Å²) in [7, 11) is 0. The first-order valence-corrected chi connectivity index (χ1v) is 4.51. The van der Waals surface area contributed by atoms with Crippen LogP contribution in [0.25, 0.3) is 6.08 Å². The molecule has 1 aromatic rings. The van der Waals surface area contributed by atoms with Gasteiger partial charge < -0.3 is 10.2 Å². The summed E-state index contributed by atoms with van der Waals surface area (Å²) in [5.41, 5.74) is 1.00. The molecule has 0 saturated carbocycles. The Morgan fingerprint density at radius 1 is 1.27 bits per heavy atom. The van der Waals surface area contributed by atoms with Crippen molar-refractivity contribution in [2.45, 2.75) is 0 Å². The zero-order chi connectivity index (χ0) is 11.1. The molecule has 1 aromatic carbocycles. The smallest absolute Gasteiger partial charge is 0.335 e. The van der Waals surface area contributed by atoms with E-state index in [1.165, 1.54) is 12.2 Å². The number of rotatable bonds is 4. The van der Waals surface area contributed by atoms with Gasteiger partial charge in [0.15, 0.2) is 0 Å². The zero-order valence-electron chi connectivity index (χ0n) is 8.13. The van der Waals surface area contributed by atoms with Gasteiger partial charge in [-0.2, -0.15) is 0 Å². The summed E-state index contributed by atoms with van der Waals surface area (Å²) in [6.07, 6.45) is 4.41. The highest BCUT2D eigenvalue weighted by molar-refractivity contribution is 5.91. The van der Waals surface area contributed by atoms with E-state index in [1.54, 1.807) is 6.08 Å². The molecule has 0 saturated heterocycles. The molecule has 0 unspecified atom stereocenters. The number of aliphatic hydroxyl groups is 1. The van der Waals surface area contributed by atoms with Gasteiger partial charge >= 0.3 is 5.97 Å². The van der Waals surface area contributed by atoms with Crippen molar-refractivity contribution in [1.29, 1.82) is 0 Å². The van der Waals surface area contributed by atoms with E-state index in [1.807, 2.05) is 30.3 Å². The summed E-state index contributed by atoms with van der Waals surface area (Å²) in [5, 5.41) is 17.4. The third kappa shape index (κ3) is 3.79. The van der Waals surface area contributed by atoms with Gasteiger partial charge in [0.25, 0.3) is 0 Å². The van der Waals surface area contributed by atoms with Gasteiger partial charge in [-0.25, -0.2) is 4.79 Å². The molecule has 0 aliphatic carbocycles. The third-order valence-corrected chi connectivity index (χ3v) is 1.81. The van der Waals surface area contributed by atoms with Gasteiger partial charge in [-0.05, 0) is 17.7 Å². The average Bonchev–Trinajstić information content (AvgIpc) is 2.25. The van der Waals surface area contributed by atoms with Crippen molar-refractivity contribution in [2.24, 2.45) is 0 Å². The Hall–Kier alpha value is -1.87. The molecule has 3 heteroatoms. The van der Waals surface area contributed by atoms with Crippen LogP contribution in [0.4, 0.5) is 0 Å². The van der Waals surface area contributed by atoms with E-state index in [2.05, 4.69) is 0 Å². The molecular weight excluding hydrogens is 192 g/mol. The second kappa shape index (κ2) is 5.78. The predicted molar refractivity (Wildman–Crippen MR) is 58.3 cm³/mol. The quantitative estimate of drug-likeness (QED) is 0.579. The van der Waals surface area contributed by atoms with Crippen LogP contribution in [-0.4, -0.2) is 22.8 Å². The Balaban J connectivity index is 2.80. The van der Waals surface area contributed by atoms with E-state index < -0.39 is 5.97 Å². The maximum Gasteiger partial charge on any atom is 0.335 e. The topological polar surface area (TPSA) is 57.5 Å². The van der Waals surface area contributed by atoms with Crippen molar-refractivity contribution >= 4 is 12.0 Å². The molecule has 78 valence electrons. The molecule has 0 bridgehead atoms. The summed E-state index contributed by atoms with van der Waals surface area (Å²) in [5.74, 6) is -1.05. The molecule has 0 aliphatic heterocycles. The van der Waals surface area contributed by atoms with Crippen molar-refractivity contribution in [2.75, 3.05) is 6.61 Å². The second-order valence-electron chi connectivity index (χ2n) is 2.89. The van der Waals surface area contributed by atoms with E-state index in [-0.39, 0.29) is 12.2 Å². The number of aliphatic carboxylic acids is 1. The lowest BCUT2D eigenvalue weighted by atomic mass is 10.1. The van der Waals surface area contributed by atoms with Crippen molar-refractivity contribution in [3.8, 4) is 0 Å². The predicted octanol–water partition coefficient (Wildman–Crippen LogP) is 1.70. The normalized spacial score (nSPS) is 11.9. The highest BCUT2D eigenvalue weighted by Crippen LogP contribution is 2.05. The van der Waals surface area contributed by atoms with Crippen LogP contribution in [0.3, 0.4) is 0 Å². The Morgan fingerprint density at radius 2 is 1.93 bits per heavy atom. The standard InChI is InChI=1S/C12H12O3/c13-9-8-11(12(14)15)7-6-10-4-2-1-3-5-10/h1-8,13H,9H2,(H,14,15)/b7-6+,11-8+. The molecule has 0 amide bonds. The molecule has 15 heavy (non-hydrogen) atoms. The van der Waals surface area contributed by atoms with Crippen LogP contribution in [0, 0.1) is 0 Å². The van der Waals surface area contributed by atoms with Gasteiger partial charge in [-0.1, -0.05) is 36.4 Å². The van der Waals surface area contributed by atoms with Crippen molar-refractivity contribution in [3.05, 3.63) is 53.6 Å². The van der Waals surface area contributed by atoms with Gasteiger partial charge in [0, 0.05) is 0 Å². The van der Waals surface area contributed by atoms with Gasteiger partial charge in [0.05, 0.1) is 12.2 Å². The molecule has 0 aliphatic rings. The third-order valence-electron chi connectivity index (χ3n) is 1.81. The fourth-order valence-electron chi connectivity index (χ4n) is 1.08. The number of carboxylic acid groups (broad SMARTS) is 1. The van der Waals surface area contributed by atoms with Crippen LogP contribution in [0.5, 0.6) is 0 Å². The van der Waals surface area contributed by atoms with E-state index in [0.29, 0.717) is 0 Å². The molecule has 1 rings (SSSR count). The Labute approximate surface area is 88.0 Å². The van der Waals surface area contributed by atoms with Gasteiger partial charge in [-0.3, -0.25) is 0 Å². The Kier molecular flexibility index (Phi) is 4.31. The number of hydrogen-bond donors (Lipinski definition) is 2. The largest absolute Gasteiger partial charge is 0.478 e. The van der Waals surface area contributed by atoms with Crippen LogP contribution in [0.2, 0.25) is 0 Å². The summed E-state index contributed by atoms with van der Waals surface area (Å²) in [4.78, 5) is 10.7. The summed E-state index contributed by atoms with van der Waals surface area (Å²) in [6, 6.07) is 9.37. The van der Waals surface area contributed by atoms with Crippen LogP contribution in [0.1, 0.15) is 5.56 Å². The lowest BCUT2D eigenvalue weighted by Gasteiger charge is -1.94. The molecule has 0 atom stereocenters. The van der Waals surface area contributed by atoms with Crippen molar-refractivity contribution in [3.63, 3.8) is 0 Å². The van der Waals surface area contributed by atoms with Crippen LogP contribution in [-0.2, 0) is 4.79 Å². The second-order valence-corrected chi connectivity index (χ2v) is 2.89. The lowest BCUT2D eigenvalue weighted by molar-refractivity contribution is -0.132. The van der Waals surface area contributed by atoms with Gasteiger partial charge in [0.2, 0.25) is 0 Å². The fraction of sp³-hybridized carbons (Fsp3) is 0.0833. The monoisotopic (exact) mass is 204 g/mol. The Bertz CT molecular complexity index is 377. The van der Waals surface area contributed by atoms with Crippen molar-refractivity contribution < 1.29 is 15.0 Å². The van der Waals surface area contributed by atoms with Crippen molar-refractivity contribution in [1.82, 2.24) is 0 Å². The zero-order valence-corrected chi connectivity index (χ0v) is 8.13. The van der Waals surface area contributed by atoms with Crippen LogP contribution in [0.15, 0.2) is 48.1 Å². The van der Waals surface area contributed by atoms with E-state index in [4.69, 9.17) is 10.2 Å². The number of benzene rings is 1. The minimum atomic E-state index is -1.05. The Morgan fingerprint density at radius 3 is 2.47 bits per heavy atom. The number of carboxylic acids is 1. The molecule has 0 heterocycles. The first-order valence-electron chi connectivity index (χ1n) is 4.51. The van der Waals surface area contributed by atoms with Crippen LogP contribution < -0.4 is 0 Å². The minimum Gasteiger partial charge on any atom is -0.478 e. The van der Waals surface area contributed by atoms with Crippen LogP contribution >= 0.6 is 0 Å². The van der Waals surface area contributed by atoms with E-state index in [0.717, 1.165) is 5.56 Å². The minimum absolute atomic E-state index is 0.0846. The highest BCUT2D eigenvalue weighted by Gasteiger charge is 2.00. The lowest BCUT2D eigenvalue weighted by Crippen LogP contribution is -1.98. The first-order chi connectivity index (χ1) is 7.24. The SMILES string of the molecule is O=C(O)C(/C=C/c1ccccc1)=C/CO. The van der Waals surface area contributed by atoms with Gasteiger partial charge in [0.1, 0.15) is 0 Å². The van der Waals surface area contributed by atoms with E-state index >= 15 is 0 Å². The fourth-order valence-corrected chi connectivity index (χ4v) is 1.08. The average molecular weight is 204 g/mol. The molecule has 0 aromatic heterocycles. The molecule has 2 N–H and O–H groups in total. The number of aliphatic hydroxyl groups excluding tert-OH is 1.